The minimum atomic E-state index is -2.52. The fourth-order valence-electron chi connectivity index (χ4n) is 1.46. The fourth-order valence-corrected chi connectivity index (χ4v) is 2.74. The number of halogens is 1. The lowest BCUT2D eigenvalue weighted by Gasteiger charge is -2.04. The van der Waals surface area contributed by atoms with Crippen LogP contribution in [0.25, 0.3) is 0 Å². The van der Waals surface area contributed by atoms with E-state index in [0.717, 1.165) is 0 Å². The molecule has 0 aliphatic rings. The molecular formula is C13H12FNOS. The van der Waals surface area contributed by atoms with Gasteiger partial charge in [-0.25, -0.2) is 8.60 Å². The molecule has 2 rings (SSSR count). The Morgan fingerprint density at radius 2 is 1.76 bits per heavy atom. The fraction of sp³-hybridized carbons (Fsp3) is 0.0769. The highest BCUT2D eigenvalue weighted by atomic mass is 32.2. The number of hydrogen-bond acceptors (Lipinski definition) is 2. The minimum absolute atomic E-state index is 0.380. The van der Waals surface area contributed by atoms with E-state index in [1.54, 1.807) is 42.7 Å². The highest BCUT2D eigenvalue weighted by molar-refractivity contribution is 7.93. The van der Waals surface area contributed by atoms with Gasteiger partial charge in [0.2, 0.25) is 0 Å². The summed E-state index contributed by atoms with van der Waals surface area (Å²) in [5.74, 6) is -0.380. The van der Waals surface area contributed by atoms with Crippen LogP contribution in [0.5, 0.6) is 0 Å². The van der Waals surface area contributed by atoms with Gasteiger partial charge < -0.3 is 0 Å². The van der Waals surface area contributed by atoms with Crippen LogP contribution in [0.1, 0.15) is 0 Å². The van der Waals surface area contributed by atoms with Crippen molar-refractivity contribution in [2.24, 2.45) is 4.36 Å². The van der Waals surface area contributed by atoms with Crippen LogP contribution in [0.15, 0.2) is 63.9 Å². The van der Waals surface area contributed by atoms with Crippen molar-refractivity contribution in [3.05, 3.63) is 60.4 Å². The predicted octanol–water partition coefficient (Wildman–Crippen LogP) is 3.61. The van der Waals surface area contributed by atoms with Crippen molar-refractivity contribution in [3.63, 3.8) is 0 Å². The van der Waals surface area contributed by atoms with Gasteiger partial charge in [-0.2, -0.15) is 4.36 Å². The third kappa shape index (κ3) is 2.91. The van der Waals surface area contributed by atoms with Gasteiger partial charge in [0.05, 0.1) is 15.4 Å². The Bertz CT molecular complexity index is 631. The Morgan fingerprint density at radius 1 is 1.06 bits per heavy atom. The van der Waals surface area contributed by atoms with E-state index in [4.69, 9.17) is 0 Å². The Hall–Kier alpha value is -1.68. The third-order valence-electron chi connectivity index (χ3n) is 2.27. The molecule has 1 atom stereocenters. The zero-order valence-corrected chi connectivity index (χ0v) is 10.2. The maximum absolute atomic E-state index is 13.0. The first kappa shape index (κ1) is 11.8. The van der Waals surface area contributed by atoms with Crippen LogP contribution in [0.2, 0.25) is 0 Å². The molecule has 0 N–H and O–H groups in total. The number of nitrogens with zero attached hydrogens (tertiary/aromatic N) is 1. The van der Waals surface area contributed by atoms with Crippen molar-refractivity contribution in [1.29, 1.82) is 0 Å². The molecule has 0 spiro atoms. The summed E-state index contributed by atoms with van der Waals surface area (Å²) in [6.45, 7) is 0. The molecule has 0 fully saturated rings. The lowest BCUT2D eigenvalue weighted by Crippen LogP contribution is -1.96. The summed E-state index contributed by atoms with van der Waals surface area (Å²) in [5.41, 5.74) is 0.390. The van der Waals surface area contributed by atoms with Crippen LogP contribution in [-0.2, 0) is 9.73 Å². The second-order valence-electron chi connectivity index (χ2n) is 3.69. The van der Waals surface area contributed by atoms with E-state index < -0.39 is 9.73 Å². The van der Waals surface area contributed by atoms with Gasteiger partial charge >= 0.3 is 0 Å². The van der Waals surface area contributed by atoms with Gasteiger partial charge in [-0.05, 0) is 24.3 Å². The normalized spacial score (nSPS) is 14.0. The lowest BCUT2D eigenvalue weighted by molar-refractivity contribution is 0.628. The molecule has 88 valence electrons. The van der Waals surface area contributed by atoms with Crippen molar-refractivity contribution >= 4 is 15.4 Å². The summed E-state index contributed by atoms with van der Waals surface area (Å²) in [4.78, 5) is 0.643. The first-order valence-corrected chi connectivity index (χ1v) is 7.03. The molecular weight excluding hydrogens is 237 g/mol. The molecule has 0 aliphatic carbocycles. The van der Waals surface area contributed by atoms with Crippen LogP contribution >= 0.6 is 0 Å². The molecule has 2 aromatic rings. The van der Waals surface area contributed by atoms with Crippen molar-refractivity contribution in [3.8, 4) is 0 Å². The van der Waals surface area contributed by atoms with Gasteiger partial charge in [0.1, 0.15) is 5.82 Å². The molecule has 4 heteroatoms. The van der Waals surface area contributed by atoms with Gasteiger partial charge in [0.25, 0.3) is 0 Å². The lowest BCUT2D eigenvalue weighted by atomic mass is 10.3. The van der Waals surface area contributed by atoms with E-state index in [1.807, 2.05) is 6.07 Å². The van der Waals surface area contributed by atoms with E-state index in [1.165, 1.54) is 12.1 Å². The topological polar surface area (TPSA) is 29.4 Å². The van der Waals surface area contributed by atoms with Crippen molar-refractivity contribution in [2.45, 2.75) is 4.90 Å². The monoisotopic (exact) mass is 249 g/mol. The molecule has 0 radical (unpaired) electrons. The largest absolute Gasteiger partial charge is 0.245 e. The Labute approximate surface area is 100 Å². The summed E-state index contributed by atoms with van der Waals surface area (Å²) < 4.78 is 29.5. The summed E-state index contributed by atoms with van der Waals surface area (Å²) in [5, 5.41) is 0. The highest BCUT2D eigenvalue weighted by Crippen LogP contribution is 2.19. The maximum Gasteiger partial charge on any atom is 0.125 e. The van der Waals surface area contributed by atoms with Gasteiger partial charge in [-0.3, -0.25) is 0 Å². The van der Waals surface area contributed by atoms with Crippen LogP contribution in [0, 0.1) is 5.82 Å². The zero-order chi connectivity index (χ0) is 12.3. The Balaban J connectivity index is 2.49. The molecule has 17 heavy (non-hydrogen) atoms. The second kappa shape index (κ2) is 4.67. The van der Waals surface area contributed by atoms with Crippen molar-refractivity contribution in [2.75, 3.05) is 6.26 Å². The number of hydrogen-bond donors (Lipinski definition) is 0. The molecule has 0 bridgehead atoms. The van der Waals surface area contributed by atoms with Crippen LogP contribution in [0.4, 0.5) is 10.1 Å². The van der Waals surface area contributed by atoms with E-state index >= 15 is 0 Å². The van der Waals surface area contributed by atoms with Crippen molar-refractivity contribution < 1.29 is 8.60 Å². The molecule has 0 saturated heterocycles. The van der Waals surface area contributed by atoms with Crippen LogP contribution < -0.4 is 0 Å². The van der Waals surface area contributed by atoms with E-state index in [0.29, 0.717) is 10.6 Å². The maximum atomic E-state index is 13.0. The molecule has 0 saturated carbocycles. The molecule has 2 nitrogen and oxygen atoms in total. The van der Waals surface area contributed by atoms with Gasteiger partial charge in [-0.15, -0.1) is 0 Å². The third-order valence-corrected chi connectivity index (χ3v) is 3.97. The van der Waals surface area contributed by atoms with Gasteiger partial charge in [-0.1, -0.05) is 24.3 Å². The molecule has 0 heterocycles. The first-order chi connectivity index (χ1) is 8.08. The zero-order valence-electron chi connectivity index (χ0n) is 9.34. The summed E-state index contributed by atoms with van der Waals surface area (Å²) in [6.07, 6.45) is 1.55. The second-order valence-corrected chi connectivity index (χ2v) is 5.95. The average molecular weight is 249 g/mol. The summed E-state index contributed by atoms with van der Waals surface area (Å²) >= 11 is 0. The number of rotatable bonds is 2. The standard InChI is InChI=1S/C13H12FNOS/c1-17(16,13-8-3-2-4-9-13)15-12-7-5-6-11(14)10-12/h2-10H,1H3/t17-/m1/s1. The van der Waals surface area contributed by atoms with Gasteiger partial charge in [0.15, 0.2) is 0 Å². The Morgan fingerprint density at radius 3 is 2.41 bits per heavy atom. The summed E-state index contributed by atoms with van der Waals surface area (Å²) in [7, 11) is -2.52. The SMILES string of the molecule is C[S@](=O)(=Nc1cccc(F)c1)c1ccccc1. The quantitative estimate of drug-likeness (QED) is 0.799. The average Bonchev–Trinajstić information content (AvgIpc) is 2.29. The van der Waals surface area contributed by atoms with Crippen molar-refractivity contribution in [1.82, 2.24) is 0 Å². The summed E-state index contributed by atoms with van der Waals surface area (Å²) in [6, 6.07) is 14.8. The molecule has 0 unspecified atom stereocenters. The Kier molecular flexibility index (Phi) is 3.24. The van der Waals surface area contributed by atoms with E-state index in [-0.39, 0.29) is 5.82 Å². The van der Waals surface area contributed by atoms with E-state index in [2.05, 4.69) is 4.36 Å². The van der Waals surface area contributed by atoms with E-state index in [9.17, 15) is 8.60 Å². The van der Waals surface area contributed by atoms with Gasteiger partial charge in [0, 0.05) is 17.2 Å². The first-order valence-electron chi connectivity index (χ1n) is 5.11. The molecule has 2 aromatic carbocycles. The molecule has 0 amide bonds. The molecule has 0 aliphatic heterocycles. The molecule has 0 aromatic heterocycles. The predicted molar refractivity (Wildman–Crippen MR) is 67.3 cm³/mol. The smallest absolute Gasteiger partial charge is 0.125 e. The van der Waals surface area contributed by atoms with Crippen LogP contribution in [0.3, 0.4) is 0 Å². The highest BCUT2D eigenvalue weighted by Gasteiger charge is 2.05. The van der Waals surface area contributed by atoms with Crippen LogP contribution in [-0.4, -0.2) is 10.5 Å². The number of benzene rings is 2. The minimum Gasteiger partial charge on any atom is -0.245 e.